The lowest BCUT2D eigenvalue weighted by atomic mass is 10.4. The van der Waals surface area contributed by atoms with Gasteiger partial charge < -0.3 is 4.90 Å². The van der Waals surface area contributed by atoms with E-state index in [4.69, 9.17) is 58.0 Å². The van der Waals surface area contributed by atoms with Gasteiger partial charge in [-0.25, -0.2) is 0 Å². The van der Waals surface area contributed by atoms with E-state index in [1.54, 1.807) is 12.2 Å². The molecule has 0 saturated heterocycles. The molecular formula is C8H8Cl5NO. The quantitative estimate of drug-likeness (QED) is 0.725. The maximum Gasteiger partial charge on any atom is 0.275 e. The zero-order valence-corrected chi connectivity index (χ0v) is 11.2. The van der Waals surface area contributed by atoms with E-state index >= 15 is 0 Å². The summed E-state index contributed by atoms with van der Waals surface area (Å²) in [6.45, 7) is 0.495. The molecule has 0 fully saturated rings. The SMILES string of the molecule is O=C(N(CC=CCl)CC=CCl)C(Cl)(Cl)Cl. The Kier molecular flexibility index (Phi) is 7.84. The summed E-state index contributed by atoms with van der Waals surface area (Å²) in [6, 6.07) is 0. The van der Waals surface area contributed by atoms with E-state index in [9.17, 15) is 4.79 Å². The first-order chi connectivity index (χ1) is 6.93. The Labute approximate surface area is 113 Å². The average Bonchev–Trinajstić information content (AvgIpc) is 2.16. The van der Waals surface area contributed by atoms with Crippen molar-refractivity contribution in [1.29, 1.82) is 0 Å². The average molecular weight is 311 g/mol. The van der Waals surface area contributed by atoms with Crippen molar-refractivity contribution in [2.45, 2.75) is 3.79 Å². The van der Waals surface area contributed by atoms with Crippen molar-refractivity contribution in [3.05, 3.63) is 23.2 Å². The topological polar surface area (TPSA) is 20.3 Å². The lowest BCUT2D eigenvalue weighted by Crippen LogP contribution is -2.39. The van der Waals surface area contributed by atoms with E-state index in [0.29, 0.717) is 0 Å². The Hall–Kier alpha value is 0.400. The molecule has 0 N–H and O–H groups in total. The normalized spacial score (nSPS) is 12.6. The summed E-state index contributed by atoms with van der Waals surface area (Å²) in [7, 11) is 0. The van der Waals surface area contributed by atoms with Crippen LogP contribution in [0.25, 0.3) is 0 Å². The minimum atomic E-state index is -1.97. The van der Waals surface area contributed by atoms with Crippen LogP contribution in [-0.2, 0) is 4.79 Å². The van der Waals surface area contributed by atoms with Crippen molar-refractivity contribution in [2.24, 2.45) is 0 Å². The van der Waals surface area contributed by atoms with Gasteiger partial charge in [0.15, 0.2) is 0 Å². The lowest BCUT2D eigenvalue weighted by molar-refractivity contribution is -0.129. The van der Waals surface area contributed by atoms with Gasteiger partial charge in [0.05, 0.1) is 0 Å². The first-order valence-electron chi connectivity index (χ1n) is 3.80. The van der Waals surface area contributed by atoms with Crippen LogP contribution in [0.15, 0.2) is 23.2 Å². The van der Waals surface area contributed by atoms with E-state index in [0.717, 1.165) is 0 Å². The highest BCUT2D eigenvalue weighted by atomic mass is 35.6. The number of carbonyl (C=O) groups excluding carboxylic acids is 1. The summed E-state index contributed by atoms with van der Waals surface area (Å²) < 4.78 is -1.97. The second-order valence-corrected chi connectivity index (χ2v) is 5.22. The Morgan fingerprint density at radius 1 is 1.07 bits per heavy atom. The smallest absolute Gasteiger partial charge is 0.275 e. The van der Waals surface area contributed by atoms with Gasteiger partial charge in [0.25, 0.3) is 9.70 Å². The largest absolute Gasteiger partial charge is 0.331 e. The van der Waals surface area contributed by atoms with Crippen LogP contribution in [0.2, 0.25) is 0 Å². The molecule has 0 heterocycles. The maximum atomic E-state index is 11.6. The van der Waals surface area contributed by atoms with E-state index in [1.807, 2.05) is 0 Å². The van der Waals surface area contributed by atoms with Crippen molar-refractivity contribution >= 4 is 63.9 Å². The van der Waals surface area contributed by atoms with Gasteiger partial charge in [-0.05, 0) is 0 Å². The Bertz CT molecular complexity index is 244. The molecule has 0 aliphatic heterocycles. The summed E-state index contributed by atoms with van der Waals surface area (Å²) >= 11 is 27.1. The van der Waals surface area contributed by atoms with Gasteiger partial charge in [0.2, 0.25) is 0 Å². The minimum Gasteiger partial charge on any atom is -0.331 e. The van der Waals surface area contributed by atoms with Crippen LogP contribution in [0.5, 0.6) is 0 Å². The molecule has 0 aliphatic rings. The van der Waals surface area contributed by atoms with Gasteiger partial charge >= 0.3 is 0 Å². The van der Waals surface area contributed by atoms with Crippen molar-refractivity contribution in [1.82, 2.24) is 4.90 Å². The summed E-state index contributed by atoms with van der Waals surface area (Å²) in [5.74, 6) is -0.628. The molecule has 0 bridgehead atoms. The predicted octanol–water partition coefficient (Wildman–Crippen LogP) is 3.69. The molecule has 2 nitrogen and oxygen atoms in total. The molecule has 0 rings (SSSR count). The van der Waals surface area contributed by atoms with Crippen LogP contribution >= 0.6 is 58.0 Å². The zero-order chi connectivity index (χ0) is 11.9. The first-order valence-corrected chi connectivity index (χ1v) is 5.80. The molecule has 0 aromatic rings. The third-order valence-corrected chi connectivity index (χ3v) is 2.20. The highest BCUT2D eigenvalue weighted by Crippen LogP contribution is 2.28. The van der Waals surface area contributed by atoms with Gasteiger partial charge in [-0.3, -0.25) is 4.79 Å². The fraction of sp³-hybridized carbons (Fsp3) is 0.375. The summed E-state index contributed by atoms with van der Waals surface area (Å²) in [4.78, 5) is 12.8. The monoisotopic (exact) mass is 309 g/mol. The van der Waals surface area contributed by atoms with Crippen LogP contribution < -0.4 is 0 Å². The van der Waals surface area contributed by atoms with E-state index < -0.39 is 9.70 Å². The van der Waals surface area contributed by atoms with E-state index in [1.165, 1.54) is 16.0 Å². The second-order valence-electron chi connectivity index (χ2n) is 2.43. The third-order valence-electron chi connectivity index (χ3n) is 1.36. The summed E-state index contributed by atoms with van der Waals surface area (Å²) in [5.41, 5.74) is 2.56. The van der Waals surface area contributed by atoms with Crippen molar-refractivity contribution in [3.63, 3.8) is 0 Å². The molecule has 0 atom stereocenters. The molecule has 0 aromatic heterocycles. The van der Waals surface area contributed by atoms with Gasteiger partial charge in [0, 0.05) is 24.2 Å². The highest BCUT2D eigenvalue weighted by molar-refractivity contribution is 6.76. The summed E-state index contributed by atoms with van der Waals surface area (Å²) in [5, 5.41) is 0. The van der Waals surface area contributed by atoms with Crippen LogP contribution in [-0.4, -0.2) is 27.7 Å². The molecule has 86 valence electrons. The van der Waals surface area contributed by atoms with E-state index in [-0.39, 0.29) is 13.1 Å². The molecule has 15 heavy (non-hydrogen) atoms. The number of hydrogen-bond acceptors (Lipinski definition) is 1. The van der Waals surface area contributed by atoms with Crippen LogP contribution in [0.3, 0.4) is 0 Å². The van der Waals surface area contributed by atoms with Crippen LogP contribution in [0.4, 0.5) is 0 Å². The minimum absolute atomic E-state index is 0.247. The highest BCUT2D eigenvalue weighted by Gasteiger charge is 2.34. The molecular weight excluding hydrogens is 303 g/mol. The number of amides is 1. The Morgan fingerprint density at radius 3 is 1.73 bits per heavy atom. The molecule has 1 amide bonds. The van der Waals surface area contributed by atoms with Crippen molar-refractivity contribution < 1.29 is 4.79 Å². The number of hydrogen-bond donors (Lipinski definition) is 0. The van der Waals surface area contributed by atoms with Crippen LogP contribution in [0.1, 0.15) is 0 Å². The molecule has 0 saturated carbocycles. The van der Waals surface area contributed by atoms with Gasteiger partial charge in [0.1, 0.15) is 0 Å². The molecule has 0 unspecified atom stereocenters. The fourth-order valence-corrected chi connectivity index (χ4v) is 1.27. The molecule has 0 spiro atoms. The van der Waals surface area contributed by atoms with Gasteiger partial charge in [-0.15, -0.1) is 0 Å². The molecule has 0 aromatic carbocycles. The number of halogens is 5. The molecule has 0 radical (unpaired) electrons. The Morgan fingerprint density at radius 2 is 1.47 bits per heavy atom. The predicted molar refractivity (Wildman–Crippen MR) is 66.9 cm³/mol. The number of nitrogens with zero attached hydrogens (tertiary/aromatic N) is 1. The van der Waals surface area contributed by atoms with E-state index in [2.05, 4.69) is 0 Å². The van der Waals surface area contributed by atoms with Crippen LogP contribution in [0, 0.1) is 0 Å². The fourth-order valence-electron chi connectivity index (χ4n) is 0.754. The zero-order valence-electron chi connectivity index (χ0n) is 7.47. The van der Waals surface area contributed by atoms with Crippen molar-refractivity contribution in [2.75, 3.05) is 13.1 Å². The van der Waals surface area contributed by atoms with Crippen molar-refractivity contribution in [3.8, 4) is 0 Å². The second kappa shape index (κ2) is 7.64. The molecule has 7 heteroatoms. The third kappa shape index (κ3) is 6.54. The maximum absolute atomic E-state index is 11.6. The molecule has 0 aliphatic carbocycles. The number of alkyl halides is 3. The van der Waals surface area contributed by atoms with Gasteiger partial charge in [-0.1, -0.05) is 70.2 Å². The lowest BCUT2D eigenvalue weighted by Gasteiger charge is -2.23. The summed E-state index contributed by atoms with van der Waals surface area (Å²) in [6.07, 6.45) is 3.11. The number of carbonyl (C=O) groups is 1. The first kappa shape index (κ1) is 15.4. The standard InChI is InChI=1S/C8H8Cl5NO/c9-3-1-5-14(6-2-4-10)7(15)8(11,12)13/h1-4H,5-6H2. The Balaban J connectivity index is 4.54. The number of rotatable bonds is 4. The van der Waals surface area contributed by atoms with Gasteiger partial charge in [-0.2, -0.15) is 0 Å².